The highest BCUT2D eigenvalue weighted by molar-refractivity contribution is 5.93. The first kappa shape index (κ1) is 23.9. The molecular weight excluding hydrogens is 482 g/mol. The molecule has 35 heavy (non-hydrogen) atoms. The molecule has 0 radical (unpaired) electrons. The lowest BCUT2D eigenvalue weighted by Gasteiger charge is -2.24. The molecule has 0 fully saturated rings. The first-order valence-electron chi connectivity index (χ1n) is 9.81. The van der Waals surface area contributed by atoms with Gasteiger partial charge in [-0.2, -0.15) is 36.4 Å². The highest BCUT2D eigenvalue weighted by atomic mass is 19.4. The SMILES string of the molecule is O=C(Cn1cncn1)N(Cc1ccc(-c2noc(C(F)(F)F)n2)cc1)c1cccc(C(F)(F)F)c1. The van der Waals surface area contributed by atoms with Gasteiger partial charge in [-0.15, -0.1) is 0 Å². The Morgan fingerprint density at radius 2 is 1.74 bits per heavy atom. The Hall–Kier alpha value is -4.23. The van der Waals surface area contributed by atoms with Gasteiger partial charge in [0.25, 0.3) is 0 Å². The summed E-state index contributed by atoms with van der Waals surface area (Å²) >= 11 is 0. The van der Waals surface area contributed by atoms with Gasteiger partial charge < -0.3 is 9.42 Å². The molecule has 0 bridgehead atoms. The van der Waals surface area contributed by atoms with Gasteiger partial charge >= 0.3 is 18.2 Å². The lowest BCUT2D eigenvalue weighted by molar-refractivity contribution is -0.159. The molecule has 0 saturated carbocycles. The number of nitrogens with zero attached hydrogens (tertiary/aromatic N) is 6. The molecule has 0 aliphatic rings. The fraction of sp³-hybridized carbons (Fsp3) is 0.190. The van der Waals surface area contributed by atoms with Gasteiger partial charge in [-0.1, -0.05) is 35.5 Å². The minimum absolute atomic E-state index is 0.00186. The summed E-state index contributed by atoms with van der Waals surface area (Å²) in [6.07, 6.45) is -6.90. The highest BCUT2D eigenvalue weighted by Crippen LogP contribution is 2.33. The number of alkyl halides is 6. The van der Waals surface area contributed by atoms with Crippen molar-refractivity contribution in [2.45, 2.75) is 25.4 Å². The zero-order valence-corrected chi connectivity index (χ0v) is 17.5. The summed E-state index contributed by atoms with van der Waals surface area (Å²) in [6, 6.07) is 10.1. The molecule has 182 valence electrons. The van der Waals surface area contributed by atoms with E-state index in [0.29, 0.717) is 5.56 Å². The van der Waals surface area contributed by atoms with Crippen LogP contribution in [0.3, 0.4) is 0 Å². The van der Waals surface area contributed by atoms with Crippen molar-refractivity contribution < 1.29 is 35.7 Å². The lowest BCUT2D eigenvalue weighted by Crippen LogP contribution is -2.33. The van der Waals surface area contributed by atoms with E-state index in [1.54, 1.807) is 0 Å². The highest BCUT2D eigenvalue weighted by Gasteiger charge is 2.38. The molecule has 4 aromatic rings. The van der Waals surface area contributed by atoms with E-state index in [-0.39, 0.29) is 30.2 Å². The van der Waals surface area contributed by atoms with Crippen LogP contribution in [0.25, 0.3) is 11.4 Å². The third-order valence-electron chi connectivity index (χ3n) is 4.77. The van der Waals surface area contributed by atoms with E-state index in [1.165, 1.54) is 53.7 Å². The summed E-state index contributed by atoms with van der Waals surface area (Å²) in [7, 11) is 0. The van der Waals surface area contributed by atoms with Crippen LogP contribution in [-0.2, 0) is 30.2 Å². The van der Waals surface area contributed by atoms with Crippen LogP contribution in [0.15, 0.2) is 65.7 Å². The Morgan fingerprint density at radius 3 is 2.34 bits per heavy atom. The van der Waals surface area contributed by atoms with Crippen molar-refractivity contribution in [3.8, 4) is 11.4 Å². The lowest BCUT2D eigenvalue weighted by atomic mass is 10.1. The first-order chi connectivity index (χ1) is 16.5. The molecule has 2 heterocycles. The molecule has 2 aromatic heterocycles. The van der Waals surface area contributed by atoms with Crippen molar-refractivity contribution >= 4 is 11.6 Å². The minimum atomic E-state index is -4.79. The number of benzene rings is 2. The first-order valence-corrected chi connectivity index (χ1v) is 9.81. The Bertz CT molecular complexity index is 1300. The van der Waals surface area contributed by atoms with Crippen molar-refractivity contribution in [2.75, 3.05) is 4.90 Å². The number of rotatable bonds is 6. The maximum atomic E-state index is 13.2. The second-order valence-electron chi connectivity index (χ2n) is 7.24. The predicted octanol–water partition coefficient (Wildman–Crippen LogP) is 4.60. The van der Waals surface area contributed by atoms with E-state index in [9.17, 15) is 31.1 Å². The van der Waals surface area contributed by atoms with Crippen molar-refractivity contribution in [1.29, 1.82) is 0 Å². The van der Waals surface area contributed by atoms with Crippen molar-refractivity contribution in [1.82, 2.24) is 24.9 Å². The van der Waals surface area contributed by atoms with E-state index in [2.05, 4.69) is 24.7 Å². The molecular formula is C21H14F6N6O2. The summed E-state index contributed by atoms with van der Waals surface area (Å²) in [4.78, 5) is 21.2. The number of aromatic nitrogens is 5. The van der Waals surface area contributed by atoms with Crippen LogP contribution in [-0.4, -0.2) is 30.8 Å². The molecule has 8 nitrogen and oxygen atoms in total. The second-order valence-corrected chi connectivity index (χ2v) is 7.24. The molecule has 0 spiro atoms. The molecule has 0 aliphatic heterocycles. The number of carbonyl (C=O) groups excluding carboxylic acids is 1. The summed E-state index contributed by atoms with van der Waals surface area (Å²) in [5.74, 6) is -2.35. The Balaban J connectivity index is 1.60. The standard InChI is InChI=1S/C21H14F6N6O2/c22-20(23,24)15-2-1-3-16(8-15)33(17(34)10-32-12-28-11-29-32)9-13-4-6-14(7-5-13)18-30-19(35-31-18)21(25,26)27/h1-8,11-12H,9-10H2. The van der Waals surface area contributed by atoms with Crippen LogP contribution >= 0.6 is 0 Å². The predicted molar refractivity (Wildman–Crippen MR) is 107 cm³/mol. The van der Waals surface area contributed by atoms with E-state index in [0.717, 1.165) is 17.0 Å². The fourth-order valence-electron chi connectivity index (χ4n) is 3.11. The van der Waals surface area contributed by atoms with Gasteiger partial charge in [-0.05, 0) is 23.8 Å². The van der Waals surface area contributed by atoms with Crippen LogP contribution < -0.4 is 4.90 Å². The maximum Gasteiger partial charge on any atom is 0.471 e. The largest absolute Gasteiger partial charge is 0.471 e. The quantitative estimate of drug-likeness (QED) is 0.363. The smallest absolute Gasteiger partial charge is 0.329 e. The number of hydrogen-bond donors (Lipinski definition) is 0. The van der Waals surface area contributed by atoms with Crippen molar-refractivity contribution in [2.24, 2.45) is 0 Å². The van der Waals surface area contributed by atoms with Crippen LogP contribution in [0.5, 0.6) is 0 Å². The molecule has 2 aromatic carbocycles. The molecule has 0 N–H and O–H groups in total. The number of carbonyl (C=O) groups is 1. The monoisotopic (exact) mass is 496 g/mol. The third-order valence-corrected chi connectivity index (χ3v) is 4.77. The van der Waals surface area contributed by atoms with Gasteiger partial charge in [-0.3, -0.25) is 4.79 Å². The molecule has 0 unspecified atom stereocenters. The van der Waals surface area contributed by atoms with E-state index >= 15 is 0 Å². The van der Waals surface area contributed by atoms with Gasteiger partial charge in [-0.25, -0.2) is 9.67 Å². The average Bonchev–Trinajstić information content (AvgIpc) is 3.49. The van der Waals surface area contributed by atoms with Crippen LogP contribution in [0.1, 0.15) is 17.0 Å². The summed E-state index contributed by atoms with van der Waals surface area (Å²) in [6.45, 7) is -0.410. The minimum Gasteiger partial charge on any atom is -0.329 e. The Morgan fingerprint density at radius 1 is 1.00 bits per heavy atom. The maximum absolute atomic E-state index is 13.2. The number of amides is 1. The molecule has 0 aliphatic carbocycles. The average molecular weight is 496 g/mol. The van der Waals surface area contributed by atoms with Gasteiger partial charge in [0.15, 0.2) is 0 Å². The van der Waals surface area contributed by atoms with E-state index in [4.69, 9.17) is 0 Å². The Kier molecular flexibility index (Phi) is 6.28. The molecule has 0 saturated heterocycles. The van der Waals surface area contributed by atoms with Gasteiger partial charge in [0.1, 0.15) is 19.2 Å². The van der Waals surface area contributed by atoms with Crippen molar-refractivity contribution in [3.05, 3.63) is 78.2 Å². The zero-order valence-electron chi connectivity index (χ0n) is 17.5. The number of hydrogen-bond acceptors (Lipinski definition) is 6. The number of halogens is 6. The molecule has 14 heteroatoms. The zero-order chi connectivity index (χ0) is 25.2. The molecule has 1 amide bonds. The van der Waals surface area contributed by atoms with Crippen molar-refractivity contribution in [3.63, 3.8) is 0 Å². The summed E-state index contributed by atoms with van der Waals surface area (Å²) in [5, 5.41) is 7.14. The van der Waals surface area contributed by atoms with E-state index < -0.39 is 29.7 Å². The van der Waals surface area contributed by atoms with Crippen LogP contribution in [0.4, 0.5) is 32.0 Å². The normalized spacial score (nSPS) is 12.1. The van der Waals surface area contributed by atoms with Crippen LogP contribution in [0, 0.1) is 0 Å². The van der Waals surface area contributed by atoms with Gasteiger partial charge in [0.2, 0.25) is 11.7 Å². The van der Waals surface area contributed by atoms with Gasteiger partial charge in [0.05, 0.1) is 12.1 Å². The summed E-state index contributed by atoms with van der Waals surface area (Å²) in [5.41, 5.74) is -0.228. The van der Waals surface area contributed by atoms with E-state index in [1.807, 2.05) is 0 Å². The summed E-state index contributed by atoms with van der Waals surface area (Å²) < 4.78 is 83.2. The van der Waals surface area contributed by atoms with Crippen LogP contribution in [0.2, 0.25) is 0 Å². The number of anilines is 1. The topological polar surface area (TPSA) is 89.9 Å². The van der Waals surface area contributed by atoms with Gasteiger partial charge in [0, 0.05) is 11.3 Å². The molecule has 4 rings (SSSR count). The fourth-order valence-corrected chi connectivity index (χ4v) is 3.11. The molecule has 0 atom stereocenters. The second kappa shape index (κ2) is 9.19. The third kappa shape index (κ3) is 5.65. The Labute approximate surface area is 192 Å².